The molecule has 0 spiro atoms. The van der Waals surface area contributed by atoms with E-state index in [1.54, 1.807) is 24.3 Å². The number of β-amino-alcohol motifs (C(OH)–C–C–N with tert-alkyl or cyclic N) is 1. The summed E-state index contributed by atoms with van der Waals surface area (Å²) < 4.78 is 10.2. The molecule has 1 aliphatic rings. The Balaban J connectivity index is 1.75. The van der Waals surface area contributed by atoms with Gasteiger partial charge in [-0.15, -0.1) is 0 Å². The van der Waals surface area contributed by atoms with Gasteiger partial charge in [0.25, 0.3) is 0 Å². The lowest BCUT2D eigenvalue weighted by molar-refractivity contribution is 0.0596. The van der Waals surface area contributed by atoms with E-state index in [2.05, 4.69) is 9.64 Å². The molecule has 2 rings (SSSR count). The maximum absolute atomic E-state index is 11.3. The summed E-state index contributed by atoms with van der Waals surface area (Å²) in [4.78, 5) is 13.6. The number of rotatable bonds is 6. The molecule has 1 aromatic carbocycles. The van der Waals surface area contributed by atoms with E-state index in [9.17, 15) is 9.90 Å². The first kappa shape index (κ1) is 15.8. The van der Waals surface area contributed by atoms with Gasteiger partial charge in [0.2, 0.25) is 0 Å². The van der Waals surface area contributed by atoms with Crippen LogP contribution in [0.2, 0.25) is 0 Å². The second-order valence-corrected chi connectivity index (χ2v) is 5.34. The third kappa shape index (κ3) is 5.02. The van der Waals surface area contributed by atoms with Gasteiger partial charge in [0, 0.05) is 6.54 Å². The molecule has 1 fully saturated rings. The van der Waals surface area contributed by atoms with Crippen molar-refractivity contribution in [2.24, 2.45) is 0 Å². The zero-order chi connectivity index (χ0) is 15.1. The highest BCUT2D eigenvalue weighted by atomic mass is 16.5. The number of carbonyl (C=O) groups is 1. The fraction of sp³-hybridized carbons (Fsp3) is 0.562. The lowest BCUT2D eigenvalue weighted by Crippen LogP contribution is -2.38. The molecule has 1 heterocycles. The molecular weight excluding hydrogens is 270 g/mol. The Bertz CT molecular complexity index is 440. The van der Waals surface area contributed by atoms with Gasteiger partial charge in [-0.1, -0.05) is 6.42 Å². The van der Waals surface area contributed by atoms with Crippen molar-refractivity contribution in [1.29, 1.82) is 0 Å². The average molecular weight is 293 g/mol. The number of hydrogen-bond donors (Lipinski definition) is 1. The summed E-state index contributed by atoms with van der Waals surface area (Å²) in [6.45, 7) is 3.03. The molecule has 5 nitrogen and oxygen atoms in total. The predicted octanol–water partition coefficient (Wildman–Crippen LogP) is 1.70. The zero-order valence-corrected chi connectivity index (χ0v) is 12.5. The average Bonchev–Trinajstić information content (AvgIpc) is 2.53. The van der Waals surface area contributed by atoms with Crippen LogP contribution in [0.1, 0.15) is 29.6 Å². The minimum Gasteiger partial charge on any atom is -0.491 e. The number of hydrogen-bond acceptors (Lipinski definition) is 5. The first-order chi connectivity index (χ1) is 10.2. The summed E-state index contributed by atoms with van der Waals surface area (Å²) in [6, 6.07) is 6.72. The molecule has 0 aliphatic carbocycles. The first-order valence-electron chi connectivity index (χ1n) is 7.40. The lowest BCUT2D eigenvalue weighted by atomic mass is 10.1. The van der Waals surface area contributed by atoms with Crippen LogP contribution >= 0.6 is 0 Å². The third-order valence-corrected chi connectivity index (χ3v) is 3.64. The standard InChI is InChI=1S/C16H23NO4/c1-20-16(19)13-5-7-15(8-6-13)21-12-14(18)11-17-9-3-2-4-10-17/h5-8,14,18H,2-4,9-12H2,1H3/t14-/m0/s1. The Kier molecular flexibility index (Phi) is 6.02. The highest BCUT2D eigenvalue weighted by Gasteiger charge is 2.15. The molecule has 1 saturated heterocycles. The van der Waals surface area contributed by atoms with Gasteiger partial charge < -0.3 is 19.5 Å². The van der Waals surface area contributed by atoms with Crippen molar-refractivity contribution in [3.63, 3.8) is 0 Å². The molecule has 0 saturated carbocycles. The molecule has 0 unspecified atom stereocenters. The molecule has 0 radical (unpaired) electrons. The van der Waals surface area contributed by atoms with Gasteiger partial charge in [-0.05, 0) is 50.2 Å². The highest BCUT2D eigenvalue weighted by molar-refractivity contribution is 5.89. The zero-order valence-electron chi connectivity index (χ0n) is 12.5. The number of ether oxygens (including phenoxy) is 2. The number of nitrogens with zero attached hydrogens (tertiary/aromatic N) is 1. The summed E-state index contributed by atoms with van der Waals surface area (Å²) in [5.74, 6) is 0.270. The number of esters is 1. The Morgan fingerprint density at radius 2 is 1.90 bits per heavy atom. The maximum atomic E-state index is 11.3. The minimum absolute atomic E-state index is 0.258. The number of benzene rings is 1. The van der Waals surface area contributed by atoms with E-state index in [1.165, 1.54) is 26.4 Å². The molecule has 5 heteroatoms. The van der Waals surface area contributed by atoms with Crippen molar-refractivity contribution in [1.82, 2.24) is 4.90 Å². The van der Waals surface area contributed by atoms with Crippen molar-refractivity contribution in [3.05, 3.63) is 29.8 Å². The van der Waals surface area contributed by atoms with E-state index in [0.717, 1.165) is 13.1 Å². The van der Waals surface area contributed by atoms with E-state index in [-0.39, 0.29) is 12.6 Å². The molecule has 1 aliphatic heterocycles. The summed E-state index contributed by atoms with van der Waals surface area (Å²) >= 11 is 0. The molecule has 0 amide bonds. The molecular formula is C16H23NO4. The normalized spacial score (nSPS) is 17.2. The Morgan fingerprint density at radius 1 is 1.24 bits per heavy atom. The fourth-order valence-corrected chi connectivity index (χ4v) is 2.49. The van der Waals surface area contributed by atoms with E-state index < -0.39 is 6.10 Å². The van der Waals surface area contributed by atoms with Crippen LogP contribution < -0.4 is 4.74 Å². The molecule has 21 heavy (non-hydrogen) atoms. The van der Waals surface area contributed by atoms with Crippen LogP contribution in [0.4, 0.5) is 0 Å². The molecule has 1 N–H and O–H groups in total. The van der Waals surface area contributed by atoms with Crippen molar-refractivity contribution >= 4 is 5.97 Å². The number of aliphatic hydroxyl groups excluding tert-OH is 1. The van der Waals surface area contributed by atoms with E-state index >= 15 is 0 Å². The van der Waals surface area contributed by atoms with Crippen LogP contribution in [-0.4, -0.2) is 55.4 Å². The third-order valence-electron chi connectivity index (χ3n) is 3.64. The van der Waals surface area contributed by atoms with Gasteiger partial charge >= 0.3 is 5.97 Å². The SMILES string of the molecule is COC(=O)c1ccc(OC[C@@H](O)CN2CCCCC2)cc1. The van der Waals surface area contributed by atoms with Crippen molar-refractivity contribution < 1.29 is 19.4 Å². The van der Waals surface area contributed by atoms with Crippen LogP contribution in [0.3, 0.4) is 0 Å². The summed E-state index contributed by atoms with van der Waals surface area (Å²) in [6.07, 6.45) is 3.21. The van der Waals surface area contributed by atoms with E-state index in [0.29, 0.717) is 17.9 Å². The number of likely N-dealkylation sites (tertiary alicyclic amines) is 1. The van der Waals surface area contributed by atoms with Gasteiger partial charge in [0.1, 0.15) is 18.5 Å². The second-order valence-electron chi connectivity index (χ2n) is 5.34. The molecule has 1 aromatic rings. The van der Waals surface area contributed by atoms with Crippen molar-refractivity contribution in [3.8, 4) is 5.75 Å². The first-order valence-corrected chi connectivity index (χ1v) is 7.40. The Morgan fingerprint density at radius 3 is 2.52 bits per heavy atom. The Labute approximate surface area is 125 Å². The van der Waals surface area contributed by atoms with Crippen molar-refractivity contribution in [2.45, 2.75) is 25.4 Å². The van der Waals surface area contributed by atoms with Crippen LogP contribution in [0.5, 0.6) is 5.75 Å². The smallest absolute Gasteiger partial charge is 0.337 e. The van der Waals surface area contributed by atoms with Gasteiger partial charge in [0.15, 0.2) is 0 Å². The lowest BCUT2D eigenvalue weighted by Gasteiger charge is -2.28. The number of piperidine rings is 1. The van der Waals surface area contributed by atoms with Gasteiger partial charge in [-0.2, -0.15) is 0 Å². The largest absolute Gasteiger partial charge is 0.491 e. The van der Waals surface area contributed by atoms with Gasteiger partial charge in [-0.3, -0.25) is 0 Å². The summed E-state index contributed by atoms with van der Waals surface area (Å²) in [7, 11) is 1.35. The molecule has 0 bridgehead atoms. The monoisotopic (exact) mass is 293 g/mol. The van der Waals surface area contributed by atoms with E-state index in [4.69, 9.17) is 4.74 Å². The minimum atomic E-state index is -0.497. The maximum Gasteiger partial charge on any atom is 0.337 e. The van der Waals surface area contributed by atoms with Crippen LogP contribution in [0.15, 0.2) is 24.3 Å². The summed E-state index contributed by atoms with van der Waals surface area (Å²) in [5.41, 5.74) is 0.485. The van der Waals surface area contributed by atoms with Gasteiger partial charge in [0.05, 0.1) is 12.7 Å². The summed E-state index contributed by atoms with van der Waals surface area (Å²) in [5, 5.41) is 10.0. The molecule has 0 aromatic heterocycles. The number of carbonyl (C=O) groups excluding carboxylic acids is 1. The quantitative estimate of drug-likeness (QED) is 0.809. The number of aliphatic hydroxyl groups is 1. The molecule has 116 valence electrons. The van der Waals surface area contributed by atoms with Gasteiger partial charge in [-0.25, -0.2) is 4.79 Å². The van der Waals surface area contributed by atoms with E-state index in [1.807, 2.05) is 0 Å². The number of methoxy groups -OCH3 is 1. The van der Waals surface area contributed by atoms with Crippen molar-refractivity contribution in [2.75, 3.05) is 33.4 Å². The van der Waals surface area contributed by atoms with Crippen LogP contribution in [0, 0.1) is 0 Å². The molecule has 1 atom stereocenters. The topological polar surface area (TPSA) is 59.0 Å². The predicted molar refractivity (Wildman–Crippen MR) is 79.6 cm³/mol. The fourth-order valence-electron chi connectivity index (χ4n) is 2.49. The Hall–Kier alpha value is -1.59. The highest BCUT2D eigenvalue weighted by Crippen LogP contribution is 2.14. The van der Waals surface area contributed by atoms with Crippen LogP contribution in [-0.2, 0) is 4.74 Å². The second kappa shape index (κ2) is 8.00. The van der Waals surface area contributed by atoms with Crippen LogP contribution in [0.25, 0.3) is 0 Å².